The number of benzene rings is 2. The fourth-order valence-electron chi connectivity index (χ4n) is 5.06. The Labute approximate surface area is 264 Å². The highest BCUT2D eigenvalue weighted by Gasteiger charge is 2.35. The first-order valence-electron chi connectivity index (χ1n) is 14.8. The highest BCUT2D eigenvalue weighted by Crippen LogP contribution is 2.47. The number of hydrogen-bond acceptors (Lipinski definition) is 7. The SMILES string of the molecule is COc1cccc(C2CC2)c1-c1ncc(/C=C/C(=O)OC(C)(C)C)c(NC(C)c2ccc(-c3nc(C(F)(F)F)cn3C)c(F)c2)n1. The van der Waals surface area contributed by atoms with Gasteiger partial charge in [0, 0.05) is 31.1 Å². The van der Waals surface area contributed by atoms with E-state index < -0.39 is 35.3 Å². The third kappa shape index (κ3) is 7.38. The predicted molar refractivity (Wildman–Crippen MR) is 167 cm³/mol. The van der Waals surface area contributed by atoms with Crippen LogP contribution < -0.4 is 10.1 Å². The number of alkyl halides is 3. The first-order valence-corrected chi connectivity index (χ1v) is 14.8. The predicted octanol–water partition coefficient (Wildman–Crippen LogP) is 8.12. The van der Waals surface area contributed by atoms with Gasteiger partial charge in [0.1, 0.15) is 28.8 Å². The summed E-state index contributed by atoms with van der Waals surface area (Å²) in [7, 11) is 2.96. The number of halogens is 4. The molecule has 0 spiro atoms. The Morgan fingerprint density at radius 3 is 2.48 bits per heavy atom. The number of nitrogens with zero attached hydrogens (tertiary/aromatic N) is 4. The number of rotatable bonds is 9. The largest absolute Gasteiger partial charge is 0.496 e. The molecule has 0 aliphatic heterocycles. The van der Waals surface area contributed by atoms with Crippen LogP contribution in [0.15, 0.2) is 54.9 Å². The van der Waals surface area contributed by atoms with Crippen molar-refractivity contribution in [3.63, 3.8) is 0 Å². The smallest absolute Gasteiger partial charge is 0.434 e. The molecule has 1 N–H and O–H groups in total. The zero-order chi connectivity index (χ0) is 33.4. The fourth-order valence-corrected chi connectivity index (χ4v) is 5.06. The maximum Gasteiger partial charge on any atom is 0.434 e. The normalized spacial score (nSPS) is 14.4. The summed E-state index contributed by atoms with van der Waals surface area (Å²) in [5, 5.41) is 3.30. The summed E-state index contributed by atoms with van der Waals surface area (Å²) < 4.78 is 67.2. The van der Waals surface area contributed by atoms with Gasteiger partial charge < -0.3 is 19.4 Å². The molecule has 0 amide bonds. The number of aryl methyl sites for hydroxylation is 1. The van der Waals surface area contributed by atoms with Crippen LogP contribution in [0, 0.1) is 5.82 Å². The third-order valence-corrected chi connectivity index (χ3v) is 7.40. The van der Waals surface area contributed by atoms with E-state index in [1.165, 1.54) is 25.3 Å². The van der Waals surface area contributed by atoms with Gasteiger partial charge in [-0.25, -0.2) is 24.1 Å². The van der Waals surface area contributed by atoms with Crippen molar-refractivity contribution in [2.75, 3.05) is 12.4 Å². The Balaban J connectivity index is 1.50. The van der Waals surface area contributed by atoms with Crippen LogP contribution in [0.3, 0.4) is 0 Å². The van der Waals surface area contributed by atoms with Gasteiger partial charge in [-0.2, -0.15) is 13.2 Å². The summed E-state index contributed by atoms with van der Waals surface area (Å²) in [6, 6.07) is 9.56. The highest BCUT2D eigenvalue weighted by atomic mass is 19.4. The van der Waals surface area contributed by atoms with Crippen molar-refractivity contribution in [1.82, 2.24) is 19.5 Å². The number of esters is 1. The van der Waals surface area contributed by atoms with Crippen molar-refractivity contribution in [2.24, 2.45) is 7.05 Å². The molecule has 1 fully saturated rings. The summed E-state index contributed by atoms with van der Waals surface area (Å²) >= 11 is 0. The second-order valence-electron chi connectivity index (χ2n) is 12.2. The monoisotopic (exact) mass is 637 g/mol. The second-order valence-corrected chi connectivity index (χ2v) is 12.2. The molecule has 5 rings (SSSR count). The van der Waals surface area contributed by atoms with Gasteiger partial charge in [-0.1, -0.05) is 18.2 Å². The van der Waals surface area contributed by atoms with Crippen LogP contribution in [0.5, 0.6) is 5.75 Å². The van der Waals surface area contributed by atoms with E-state index in [1.807, 2.05) is 18.2 Å². The highest BCUT2D eigenvalue weighted by molar-refractivity contribution is 5.88. The zero-order valence-electron chi connectivity index (χ0n) is 26.4. The Bertz CT molecular complexity index is 1790. The molecule has 1 saturated carbocycles. The number of hydrogen-bond donors (Lipinski definition) is 1. The lowest BCUT2D eigenvalue weighted by molar-refractivity contribution is -0.148. The molecule has 2 aromatic carbocycles. The number of methoxy groups -OCH3 is 1. The molecule has 2 aromatic heterocycles. The summed E-state index contributed by atoms with van der Waals surface area (Å²) in [6.45, 7) is 7.09. The molecular formula is C34H35F4N5O3. The molecule has 8 nitrogen and oxygen atoms in total. The minimum atomic E-state index is -4.65. The van der Waals surface area contributed by atoms with Crippen LogP contribution in [0.2, 0.25) is 0 Å². The van der Waals surface area contributed by atoms with Crippen LogP contribution in [-0.2, 0) is 22.8 Å². The molecule has 4 aromatic rings. The van der Waals surface area contributed by atoms with E-state index in [1.54, 1.807) is 53.1 Å². The molecule has 1 atom stereocenters. The molecule has 0 bridgehead atoms. The third-order valence-electron chi connectivity index (χ3n) is 7.40. The van der Waals surface area contributed by atoms with Crippen molar-refractivity contribution < 1.29 is 31.8 Å². The van der Waals surface area contributed by atoms with E-state index in [0.29, 0.717) is 34.4 Å². The van der Waals surface area contributed by atoms with Gasteiger partial charge in [0.2, 0.25) is 0 Å². The van der Waals surface area contributed by atoms with E-state index in [9.17, 15) is 18.0 Å². The van der Waals surface area contributed by atoms with Gasteiger partial charge in [-0.3, -0.25) is 0 Å². The van der Waals surface area contributed by atoms with Crippen molar-refractivity contribution in [2.45, 2.75) is 64.3 Å². The van der Waals surface area contributed by atoms with Gasteiger partial charge in [0.05, 0.1) is 24.3 Å². The summed E-state index contributed by atoms with van der Waals surface area (Å²) in [6.07, 6.45) is 2.69. The number of imidazole rings is 1. The maximum atomic E-state index is 15.4. The summed E-state index contributed by atoms with van der Waals surface area (Å²) in [4.78, 5) is 25.5. The number of nitrogens with one attached hydrogen (secondary N) is 1. The van der Waals surface area contributed by atoms with Crippen LogP contribution in [0.4, 0.5) is 23.4 Å². The van der Waals surface area contributed by atoms with Gasteiger partial charge in [0.15, 0.2) is 11.5 Å². The Morgan fingerprint density at radius 2 is 1.87 bits per heavy atom. The fraction of sp³-hybridized carbons (Fsp3) is 0.353. The van der Waals surface area contributed by atoms with Gasteiger partial charge >= 0.3 is 12.1 Å². The van der Waals surface area contributed by atoms with E-state index in [-0.39, 0.29) is 11.4 Å². The Kier molecular flexibility index (Phi) is 8.92. The van der Waals surface area contributed by atoms with Crippen molar-refractivity contribution in [3.05, 3.63) is 83.1 Å². The molecule has 1 aliphatic rings. The molecule has 1 aliphatic carbocycles. The summed E-state index contributed by atoms with van der Waals surface area (Å²) in [5.41, 5.74) is 0.988. The lowest BCUT2D eigenvalue weighted by atomic mass is 10.0. The molecular weight excluding hydrogens is 602 g/mol. The molecule has 0 saturated heterocycles. The lowest BCUT2D eigenvalue weighted by Crippen LogP contribution is -2.22. The zero-order valence-corrected chi connectivity index (χ0v) is 26.4. The topological polar surface area (TPSA) is 91.2 Å². The number of anilines is 1. The van der Waals surface area contributed by atoms with Crippen molar-refractivity contribution in [3.8, 4) is 28.5 Å². The van der Waals surface area contributed by atoms with Gasteiger partial charge in [0.25, 0.3) is 0 Å². The van der Waals surface area contributed by atoms with E-state index in [4.69, 9.17) is 14.5 Å². The molecule has 1 unspecified atom stereocenters. The standard InChI is InChI=1S/C34H35F4N5O3/c1-19(21-12-14-24(25(35)16-21)32-41-27(18-43(32)5)34(36,37)38)40-30-22(13-15-28(44)46-33(2,3)4)17-39-31(42-30)29-23(20-10-11-20)8-7-9-26(29)45-6/h7-9,12-20H,10-11H2,1-6H3,(H,39,40,42)/b15-13+. The van der Waals surface area contributed by atoms with Crippen molar-refractivity contribution in [1.29, 1.82) is 0 Å². The lowest BCUT2D eigenvalue weighted by Gasteiger charge is -2.19. The van der Waals surface area contributed by atoms with E-state index in [2.05, 4.69) is 15.3 Å². The van der Waals surface area contributed by atoms with Crippen LogP contribution in [-0.4, -0.2) is 38.2 Å². The Hall–Kier alpha value is -4.74. The van der Waals surface area contributed by atoms with Crippen LogP contribution >= 0.6 is 0 Å². The quantitative estimate of drug-likeness (QED) is 0.113. The number of carbonyl (C=O) groups excluding carboxylic acids is 1. The minimum Gasteiger partial charge on any atom is -0.496 e. The Morgan fingerprint density at radius 1 is 1.13 bits per heavy atom. The van der Waals surface area contributed by atoms with Crippen LogP contribution in [0.25, 0.3) is 28.9 Å². The van der Waals surface area contributed by atoms with E-state index in [0.717, 1.165) is 34.7 Å². The minimum absolute atomic E-state index is 0.0666. The number of aromatic nitrogens is 4. The van der Waals surface area contributed by atoms with E-state index >= 15 is 4.39 Å². The molecule has 0 radical (unpaired) electrons. The van der Waals surface area contributed by atoms with Gasteiger partial charge in [-0.15, -0.1) is 0 Å². The molecule has 12 heteroatoms. The number of ether oxygens (including phenoxy) is 2. The maximum absolute atomic E-state index is 15.4. The first kappa shape index (κ1) is 32.6. The summed E-state index contributed by atoms with van der Waals surface area (Å²) in [5.74, 6) is 0.371. The van der Waals surface area contributed by atoms with Crippen molar-refractivity contribution >= 4 is 17.9 Å². The van der Waals surface area contributed by atoms with Crippen LogP contribution in [0.1, 0.15) is 74.9 Å². The first-order chi connectivity index (χ1) is 21.6. The molecule has 242 valence electrons. The number of carbonyl (C=O) groups is 1. The average Bonchev–Trinajstić information content (AvgIpc) is 3.75. The average molecular weight is 638 g/mol. The van der Waals surface area contributed by atoms with Gasteiger partial charge in [-0.05, 0) is 81.9 Å². The molecule has 46 heavy (non-hydrogen) atoms. The molecule has 2 heterocycles. The second kappa shape index (κ2) is 12.6.